The Morgan fingerprint density at radius 2 is 1.80 bits per heavy atom. The summed E-state index contributed by atoms with van der Waals surface area (Å²) in [5.41, 5.74) is 0. The summed E-state index contributed by atoms with van der Waals surface area (Å²) in [4.78, 5) is 19.4. The van der Waals surface area contributed by atoms with Crippen LogP contribution in [0.25, 0.3) is 0 Å². The molecule has 0 radical (unpaired) electrons. The standard InChI is InChI=1S/C4H6O5.Ba.2H/c5-2(4(8)9)1-3(6)7;;;/h2,5H,1H2,(H,6,7)(H,8,9);;;/q;+2;2*-1. The van der Waals surface area contributed by atoms with Gasteiger partial charge in [0.1, 0.15) is 0 Å². The predicted molar refractivity (Wildman–Crippen MR) is 33.9 cm³/mol. The maximum absolute atomic E-state index is 9.72. The molecule has 0 fully saturated rings. The van der Waals surface area contributed by atoms with E-state index in [-0.39, 0.29) is 51.7 Å². The zero-order valence-corrected chi connectivity index (χ0v) is 9.59. The molecule has 1 atom stereocenters. The molecule has 0 amide bonds. The Bertz CT molecular complexity index is 141. The van der Waals surface area contributed by atoms with Crippen molar-refractivity contribution in [2.45, 2.75) is 12.5 Å². The van der Waals surface area contributed by atoms with E-state index in [1.807, 2.05) is 0 Å². The van der Waals surface area contributed by atoms with Crippen molar-refractivity contribution in [3.63, 3.8) is 0 Å². The van der Waals surface area contributed by atoms with Crippen LogP contribution in [-0.4, -0.2) is 82.2 Å². The first-order chi connectivity index (χ1) is 4.04. The number of aliphatic hydroxyl groups excluding tert-OH is 1. The third-order valence-corrected chi connectivity index (χ3v) is 0.653. The Morgan fingerprint density at radius 1 is 1.40 bits per heavy atom. The molecule has 1 unspecified atom stereocenters. The van der Waals surface area contributed by atoms with Crippen molar-refractivity contribution in [2.75, 3.05) is 0 Å². The first kappa shape index (κ1) is 13.1. The van der Waals surface area contributed by atoms with E-state index in [0.717, 1.165) is 0 Å². The van der Waals surface area contributed by atoms with Crippen molar-refractivity contribution in [3.05, 3.63) is 0 Å². The monoisotopic (exact) mass is 274 g/mol. The molecule has 3 N–H and O–H groups in total. The molecule has 0 aliphatic rings. The zero-order valence-electron chi connectivity index (χ0n) is 7.15. The minimum absolute atomic E-state index is 0. The van der Waals surface area contributed by atoms with E-state index < -0.39 is 24.5 Å². The van der Waals surface area contributed by atoms with Crippen LogP contribution in [0.2, 0.25) is 0 Å². The molecule has 0 aromatic carbocycles. The summed E-state index contributed by atoms with van der Waals surface area (Å²) in [6.07, 6.45) is -2.54. The number of aliphatic carboxylic acids is 2. The number of hydrogen-bond acceptors (Lipinski definition) is 3. The van der Waals surface area contributed by atoms with Gasteiger partial charge in [-0.15, -0.1) is 0 Å². The molecule has 0 rings (SSSR count). The summed E-state index contributed by atoms with van der Waals surface area (Å²) in [7, 11) is 0. The summed E-state index contributed by atoms with van der Waals surface area (Å²) in [6.45, 7) is 0. The maximum Gasteiger partial charge on any atom is 2.00 e. The molecule has 0 saturated carbocycles. The van der Waals surface area contributed by atoms with Crippen LogP contribution in [0.1, 0.15) is 9.27 Å². The number of hydrogen-bond donors (Lipinski definition) is 3. The van der Waals surface area contributed by atoms with Crippen LogP contribution >= 0.6 is 0 Å². The second-order valence-electron chi connectivity index (χ2n) is 1.45. The summed E-state index contributed by atoms with van der Waals surface area (Å²) in [5.74, 6) is -2.85. The number of carboxylic acid groups (broad SMARTS) is 2. The van der Waals surface area contributed by atoms with Crippen LogP contribution in [-0.2, 0) is 9.59 Å². The molecule has 0 spiro atoms. The molecule has 0 aliphatic heterocycles. The van der Waals surface area contributed by atoms with E-state index in [2.05, 4.69) is 0 Å². The van der Waals surface area contributed by atoms with E-state index in [0.29, 0.717) is 0 Å². The fraction of sp³-hybridized carbons (Fsp3) is 0.500. The maximum atomic E-state index is 9.72. The van der Waals surface area contributed by atoms with E-state index in [1.54, 1.807) is 0 Å². The van der Waals surface area contributed by atoms with Gasteiger partial charge in [0.05, 0.1) is 6.42 Å². The molecule has 6 heteroatoms. The molecule has 5 nitrogen and oxygen atoms in total. The van der Waals surface area contributed by atoms with Gasteiger partial charge < -0.3 is 18.2 Å². The number of rotatable bonds is 3. The van der Waals surface area contributed by atoms with Crippen LogP contribution in [0.3, 0.4) is 0 Å². The van der Waals surface area contributed by atoms with Gasteiger partial charge in [-0.05, 0) is 0 Å². The molecule has 0 heterocycles. The van der Waals surface area contributed by atoms with E-state index >= 15 is 0 Å². The van der Waals surface area contributed by atoms with Crippen LogP contribution < -0.4 is 0 Å². The molecule has 0 bridgehead atoms. The van der Waals surface area contributed by atoms with Crippen LogP contribution in [0.15, 0.2) is 0 Å². The Balaban J connectivity index is -0.000000107. The molecule has 10 heavy (non-hydrogen) atoms. The van der Waals surface area contributed by atoms with Crippen LogP contribution in [0.5, 0.6) is 0 Å². The fourth-order valence-corrected chi connectivity index (χ4v) is 0.253. The second kappa shape index (κ2) is 6.20. The molecule has 0 aromatic heterocycles. The van der Waals surface area contributed by atoms with Gasteiger partial charge >= 0.3 is 60.8 Å². The number of aliphatic hydroxyl groups is 1. The van der Waals surface area contributed by atoms with Gasteiger partial charge in [-0.25, -0.2) is 4.79 Å². The molecular formula is C4H8BaO5. The largest absolute Gasteiger partial charge is 2.00 e. The Morgan fingerprint density at radius 3 is 1.90 bits per heavy atom. The van der Waals surface area contributed by atoms with Gasteiger partial charge in [0, 0.05) is 0 Å². The van der Waals surface area contributed by atoms with Crippen molar-refractivity contribution in [3.8, 4) is 0 Å². The Hall–Kier alpha value is 0.471. The smallest absolute Gasteiger partial charge is 1.00 e. The zero-order chi connectivity index (χ0) is 7.44. The third-order valence-electron chi connectivity index (χ3n) is 0.653. The van der Waals surface area contributed by atoms with Crippen LogP contribution in [0.4, 0.5) is 0 Å². The van der Waals surface area contributed by atoms with Crippen molar-refractivity contribution >= 4 is 60.8 Å². The molecule has 0 aliphatic carbocycles. The summed E-state index contributed by atoms with van der Waals surface area (Å²) >= 11 is 0. The Labute approximate surface area is 100 Å². The molecule has 0 saturated heterocycles. The Kier molecular flexibility index (Phi) is 8.11. The van der Waals surface area contributed by atoms with Crippen molar-refractivity contribution < 1.29 is 27.8 Å². The summed E-state index contributed by atoms with van der Waals surface area (Å²) in [5, 5.41) is 24.1. The van der Waals surface area contributed by atoms with E-state index in [9.17, 15) is 9.59 Å². The normalized spacial score (nSPS) is 11.3. The van der Waals surface area contributed by atoms with Gasteiger partial charge in [0.25, 0.3) is 0 Å². The van der Waals surface area contributed by atoms with E-state index in [1.165, 1.54) is 0 Å². The van der Waals surface area contributed by atoms with Gasteiger partial charge in [-0.3, -0.25) is 4.79 Å². The minimum Gasteiger partial charge on any atom is -1.00 e. The SMILES string of the molecule is O=C(O)CC(O)C(=O)O.[Ba+2].[H-].[H-]. The molecule has 56 valence electrons. The van der Waals surface area contributed by atoms with Crippen molar-refractivity contribution in [1.82, 2.24) is 0 Å². The first-order valence-corrected chi connectivity index (χ1v) is 2.16. The first-order valence-electron chi connectivity index (χ1n) is 2.16. The van der Waals surface area contributed by atoms with Gasteiger partial charge in [-0.1, -0.05) is 0 Å². The van der Waals surface area contributed by atoms with Crippen molar-refractivity contribution in [1.29, 1.82) is 0 Å². The number of carboxylic acids is 2. The molecular weight excluding hydrogens is 265 g/mol. The predicted octanol–water partition coefficient (Wildman–Crippen LogP) is -1.25. The van der Waals surface area contributed by atoms with Crippen molar-refractivity contribution in [2.24, 2.45) is 0 Å². The third kappa shape index (κ3) is 6.59. The quantitative estimate of drug-likeness (QED) is 0.559. The minimum atomic E-state index is -1.79. The average Bonchev–Trinajstić information content (AvgIpc) is 1.63. The van der Waals surface area contributed by atoms with Crippen LogP contribution in [0, 0.1) is 0 Å². The summed E-state index contributed by atoms with van der Waals surface area (Å²) < 4.78 is 0. The number of carbonyl (C=O) groups is 2. The fourth-order valence-electron chi connectivity index (χ4n) is 0.253. The van der Waals surface area contributed by atoms with Gasteiger partial charge in [-0.2, -0.15) is 0 Å². The van der Waals surface area contributed by atoms with Gasteiger partial charge in [0.15, 0.2) is 6.10 Å². The molecule has 0 aromatic rings. The summed E-state index contributed by atoms with van der Waals surface area (Å²) in [6, 6.07) is 0. The topological polar surface area (TPSA) is 94.8 Å². The van der Waals surface area contributed by atoms with Gasteiger partial charge in [0.2, 0.25) is 0 Å². The average molecular weight is 273 g/mol. The van der Waals surface area contributed by atoms with E-state index in [4.69, 9.17) is 15.3 Å². The second-order valence-corrected chi connectivity index (χ2v) is 1.45.